The summed E-state index contributed by atoms with van der Waals surface area (Å²) in [5.41, 5.74) is 1.45. The van der Waals surface area contributed by atoms with Crippen LogP contribution >= 0.6 is 0 Å². The van der Waals surface area contributed by atoms with Crippen LogP contribution in [0.5, 0.6) is 0 Å². The van der Waals surface area contributed by atoms with Crippen molar-refractivity contribution in [1.29, 1.82) is 0 Å². The van der Waals surface area contributed by atoms with Gasteiger partial charge >= 0.3 is 0 Å². The van der Waals surface area contributed by atoms with E-state index in [2.05, 4.69) is 15.2 Å². The van der Waals surface area contributed by atoms with Gasteiger partial charge < -0.3 is 10.2 Å². The average Bonchev–Trinajstić information content (AvgIpc) is 3.00. The molecular formula is C21H24N4O2. The van der Waals surface area contributed by atoms with Gasteiger partial charge in [-0.2, -0.15) is 0 Å². The molecule has 0 spiro atoms. The maximum atomic E-state index is 12.8. The van der Waals surface area contributed by atoms with Crippen LogP contribution in [0.2, 0.25) is 0 Å². The number of amides is 2. The molecule has 0 aliphatic carbocycles. The first-order valence-electron chi connectivity index (χ1n) is 9.47. The highest BCUT2D eigenvalue weighted by Crippen LogP contribution is 2.28. The third-order valence-corrected chi connectivity index (χ3v) is 5.43. The van der Waals surface area contributed by atoms with Gasteiger partial charge in [-0.15, -0.1) is 0 Å². The first-order chi connectivity index (χ1) is 13.2. The first kappa shape index (κ1) is 17.7. The van der Waals surface area contributed by atoms with Crippen molar-refractivity contribution >= 4 is 17.5 Å². The molecule has 3 saturated heterocycles. The highest BCUT2D eigenvalue weighted by Gasteiger charge is 2.37. The fourth-order valence-corrected chi connectivity index (χ4v) is 4.12. The number of carbonyl (C=O) groups excluding carboxylic acids is 2. The molecule has 1 aromatic heterocycles. The number of rotatable bonds is 4. The number of carbonyl (C=O) groups is 2. The summed E-state index contributed by atoms with van der Waals surface area (Å²) in [6.45, 7) is 2.65. The number of nitrogens with zero attached hydrogens (tertiary/aromatic N) is 3. The van der Waals surface area contributed by atoms with Gasteiger partial charge in [0, 0.05) is 43.8 Å². The number of piperidine rings is 1. The Bertz CT molecular complexity index is 796. The second-order valence-corrected chi connectivity index (χ2v) is 7.39. The summed E-state index contributed by atoms with van der Waals surface area (Å²) in [5, 5.41) is 2.96. The summed E-state index contributed by atoms with van der Waals surface area (Å²) in [4.78, 5) is 33.5. The lowest BCUT2D eigenvalue weighted by atomic mass is 9.95. The molecular weight excluding hydrogens is 340 g/mol. The van der Waals surface area contributed by atoms with E-state index in [1.54, 1.807) is 18.5 Å². The van der Waals surface area contributed by atoms with Crippen molar-refractivity contribution in [3.05, 3.63) is 60.4 Å². The van der Waals surface area contributed by atoms with E-state index >= 15 is 0 Å². The maximum absolute atomic E-state index is 12.8. The monoisotopic (exact) mass is 364 g/mol. The van der Waals surface area contributed by atoms with Crippen LogP contribution in [0.3, 0.4) is 0 Å². The Morgan fingerprint density at radius 1 is 1.04 bits per heavy atom. The van der Waals surface area contributed by atoms with Gasteiger partial charge in [0.1, 0.15) is 0 Å². The van der Waals surface area contributed by atoms with E-state index in [0.717, 1.165) is 31.6 Å². The molecule has 3 fully saturated rings. The first-order valence-corrected chi connectivity index (χ1v) is 9.47. The van der Waals surface area contributed by atoms with Gasteiger partial charge in [0.25, 0.3) is 5.91 Å². The third kappa shape index (κ3) is 4.17. The van der Waals surface area contributed by atoms with Gasteiger partial charge in [0.2, 0.25) is 5.91 Å². The average molecular weight is 364 g/mol. The van der Waals surface area contributed by atoms with E-state index in [1.165, 1.54) is 0 Å². The van der Waals surface area contributed by atoms with Crippen molar-refractivity contribution in [2.45, 2.75) is 18.9 Å². The van der Waals surface area contributed by atoms with Gasteiger partial charge in [-0.1, -0.05) is 18.2 Å². The number of para-hydroxylation sites is 1. The minimum absolute atomic E-state index is 0.00103. The summed E-state index contributed by atoms with van der Waals surface area (Å²) < 4.78 is 0. The predicted octanol–water partition coefficient (Wildman–Crippen LogP) is 2.26. The summed E-state index contributed by atoms with van der Waals surface area (Å²) in [7, 11) is 0. The minimum Gasteiger partial charge on any atom is -0.337 e. The van der Waals surface area contributed by atoms with Crippen molar-refractivity contribution in [3.63, 3.8) is 0 Å². The van der Waals surface area contributed by atoms with Crippen molar-refractivity contribution in [2.75, 3.05) is 31.5 Å². The third-order valence-electron chi connectivity index (χ3n) is 5.43. The molecule has 6 heteroatoms. The Labute approximate surface area is 159 Å². The molecule has 0 unspecified atom stereocenters. The molecule has 3 aliphatic rings. The van der Waals surface area contributed by atoms with E-state index in [0.29, 0.717) is 24.6 Å². The van der Waals surface area contributed by atoms with Crippen molar-refractivity contribution in [2.24, 2.45) is 5.92 Å². The molecule has 27 heavy (non-hydrogen) atoms. The Hall–Kier alpha value is -2.73. The number of nitrogens with one attached hydrogen (secondary N) is 1. The quantitative estimate of drug-likeness (QED) is 0.904. The Balaban J connectivity index is 1.41. The molecule has 0 radical (unpaired) electrons. The zero-order valence-corrected chi connectivity index (χ0v) is 15.3. The Morgan fingerprint density at radius 3 is 2.67 bits per heavy atom. The molecule has 3 aliphatic heterocycles. The normalized spacial score (nSPS) is 22.3. The van der Waals surface area contributed by atoms with Gasteiger partial charge in [-0.05, 0) is 43.0 Å². The second-order valence-electron chi connectivity index (χ2n) is 7.39. The molecule has 0 saturated carbocycles. The molecule has 140 valence electrons. The lowest BCUT2D eigenvalue weighted by Gasteiger charge is -2.35. The lowest BCUT2D eigenvalue weighted by molar-refractivity contribution is -0.118. The van der Waals surface area contributed by atoms with Gasteiger partial charge in [-0.3, -0.25) is 19.5 Å². The van der Waals surface area contributed by atoms with E-state index < -0.39 is 0 Å². The van der Waals surface area contributed by atoms with Gasteiger partial charge in [-0.25, -0.2) is 0 Å². The van der Waals surface area contributed by atoms with Crippen LogP contribution in [0.1, 0.15) is 23.2 Å². The fraction of sp³-hybridized carbons (Fsp3) is 0.381. The fourth-order valence-electron chi connectivity index (χ4n) is 4.12. The molecule has 2 aromatic rings. The standard InChI is InChI=1S/C21H24N4O2/c26-20(23-18-6-2-1-3-7-18)15-24-12-16-8-9-19(24)14-25(13-16)21(27)17-5-4-10-22-11-17/h1-7,10-11,16,19H,8-9,12-15H2,(H,23,26)/t16-,19-/m1/s1. The SMILES string of the molecule is O=C(CN1C[C@H]2CC[C@@H]1CN(C(=O)c1cccnc1)C2)Nc1ccccc1. The van der Waals surface area contributed by atoms with Crippen LogP contribution in [0, 0.1) is 5.92 Å². The number of aromatic nitrogens is 1. The highest BCUT2D eigenvalue weighted by atomic mass is 16.2. The van der Waals surface area contributed by atoms with Gasteiger partial charge in [0.05, 0.1) is 12.1 Å². The molecule has 5 rings (SSSR count). The molecule has 1 N–H and O–H groups in total. The number of hydrogen-bond donors (Lipinski definition) is 1. The maximum Gasteiger partial charge on any atom is 0.255 e. The number of hydrogen-bond acceptors (Lipinski definition) is 4. The largest absolute Gasteiger partial charge is 0.337 e. The zero-order chi connectivity index (χ0) is 18.6. The summed E-state index contributed by atoms with van der Waals surface area (Å²) in [6, 6.07) is 13.4. The van der Waals surface area contributed by atoms with Crippen molar-refractivity contribution < 1.29 is 9.59 Å². The molecule has 1 aromatic carbocycles. The minimum atomic E-state index is -0.00103. The molecule has 2 amide bonds. The van der Waals surface area contributed by atoms with E-state index in [1.807, 2.05) is 41.3 Å². The zero-order valence-electron chi connectivity index (χ0n) is 15.3. The van der Waals surface area contributed by atoms with Crippen LogP contribution in [0.25, 0.3) is 0 Å². The van der Waals surface area contributed by atoms with Crippen LogP contribution in [0.15, 0.2) is 54.9 Å². The van der Waals surface area contributed by atoms with Gasteiger partial charge in [0.15, 0.2) is 0 Å². The molecule has 4 heterocycles. The summed E-state index contributed by atoms with van der Waals surface area (Å²) in [6.07, 6.45) is 5.44. The number of benzene rings is 1. The molecule has 2 atom stereocenters. The molecule has 2 bridgehead atoms. The van der Waals surface area contributed by atoms with Crippen LogP contribution in [-0.4, -0.2) is 58.8 Å². The van der Waals surface area contributed by atoms with E-state index in [4.69, 9.17) is 0 Å². The lowest BCUT2D eigenvalue weighted by Crippen LogP contribution is -2.47. The Morgan fingerprint density at radius 2 is 1.89 bits per heavy atom. The van der Waals surface area contributed by atoms with Crippen LogP contribution in [-0.2, 0) is 4.79 Å². The highest BCUT2D eigenvalue weighted by molar-refractivity contribution is 5.94. The Kier molecular flexibility index (Phi) is 5.16. The van der Waals surface area contributed by atoms with Crippen molar-refractivity contribution in [1.82, 2.24) is 14.8 Å². The predicted molar refractivity (Wildman–Crippen MR) is 103 cm³/mol. The molecule has 6 nitrogen and oxygen atoms in total. The van der Waals surface area contributed by atoms with Crippen LogP contribution in [0.4, 0.5) is 5.69 Å². The number of anilines is 1. The summed E-state index contributed by atoms with van der Waals surface area (Å²) >= 11 is 0. The number of fused-ring (bicyclic) bond motifs is 4. The van der Waals surface area contributed by atoms with E-state index in [-0.39, 0.29) is 17.9 Å². The van der Waals surface area contributed by atoms with Crippen molar-refractivity contribution in [3.8, 4) is 0 Å². The number of pyridine rings is 1. The summed E-state index contributed by atoms with van der Waals surface area (Å²) in [5.74, 6) is 0.448. The van der Waals surface area contributed by atoms with E-state index in [9.17, 15) is 9.59 Å². The topological polar surface area (TPSA) is 65.5 Å². The second kappa shape index (κ2) is 7.88. The van der Waals surface area contributed by atoms with Crippen LogP contribution < -0.4 is 5.32 Å². The smallest absolute Gasteiger partial charge is 0.255 e.